The lowest BCUT2D eigenvalue weighted by atomic mass is 10.0. The Bertz CT molecular complexity index is 681. The topological polar surface area (TPSA) is 52.1 Å². The predicted molar refractivity (Wildman–Crippen MR) is 90.0 cm³/mol. The van der Waals surface area contributed by atoms with Crippen LogP contribution in [0.15, 0.2) is 24.3 Å². The first-order valence-electron chi connectivity index (χ1n) is 7.20. The summed E-state index contributed by atoms with van der Waals surface area (Å²) >= 11 is 4.67. The quantitative estimate of drug-likeness (QED) is 0.675. The zero-order valence-corrected chi connectivity index (χ0v) is 14.1. The first kappa shape index (κ1) is 16.5. The standard InChI is InChI=1S/C17H20N2O2S/c1-5-21-15-7-6-13(12(4)20)9-14(15)16(22)17-18-10(2)8-11(3)19-17/h6-9,16,22H,5H2,1-4H3. The summed E-state index contributed by atoms with van der Waals surface area (Å²) in [5.74, 6) is 1.32. The zero-order chi connectivity index (χ0) is 16.3. The Labute approximate surface area is 136 Å². The van der Waals surface area contributed by atoms with Gasteiger partial charge in [0.1, 0.15) is 11.6 Å². The van der Waals surface area contributed by atoms with Crippen LogP contribution in [0.5, 0.6) is 5.75 Å². The zero-order valence-electron chi connectivity index (χ0n) is 13.3. The van der Waals surface area contributed by atoms with Gasteiger partial charge in [-0.1, -0.05) is 0 Å². The Hall–Kier alpha value is -1.88. The van der Waals surface area contributed by atoms with Gasteiger partial charge in [0.2, 0.25) is 0 Å². The fraction of sp³-hybridized carbons (Fsp3) is 0.353. The minimum Gasteiger partial charge on any atom is -0.494 e. The average molecular weight is 316 g/mol. The van der Waals surface area contributed by atoms with Crippen LogP contribution in [0, 0.1) is 13.8 Å². The number of rotatable bonds is 5. The van der Waals surface area contributed by atoms with Gasteiger partial charge in [0.05, 0.1) is 11.9 Å². The van der Waals surface area contributed by atoms with Crippen LogP contribution >= 0.6 is 12.6 Å². The van der Waals surface area contributed by atoms with E-state index in [0.29, 0.717) is 23.7 Å². The van der Waals surface area contributed by atoms with Crippen LogP contribution in [0.1, 0.15) is 52.2 Å². The Morgan fingerprint density at radius 3 is 2.41 bits per heavy atom. The van der Waals surface area contributed by atoms with E-state index in [4.69, 9.17) is 4.74 Å². The van der Waals surface area contributed by atoms with Crippen LogP contribution in [-0.2, 0) is 0 Å². The molecule has 1 heterocycles. The summed E-state index contributed by atoms with van der Waals surface area (Å²) in [4.78, 5) is 20.6. The highest BCUT2D eigenvalue weighted by Crippen LogP contribution is 2.34. The fourth-order valence-electron chi connectivity index (χ4n) is 2.28. The van der Waals surface area contributed by atoms with Crippen molar-refractivity contribution in [1.82, 2.24) is 9.97 Å². The fourth-order valence-corrected chi connectivity index (χ4v) is 2.60. The molecule has 0 radical (unpaired) electrons. The van der Waals surface area contributed by atoms with Crippen molar-refractivity contribution >= 4 is 18.4 Å². The van der Waals surface area contributed by atoms with Crippen LogP contribution in [0.2, 0.25) is 0 Å². The van der Waals surface area contributed by atoms with Crippen LogP contribution in [-0.4, -0.2) is 22.4 Å². The lowest BCUT2D eigenvalue weighted by Gasteiger charge is -2.16. The van der Waals surface area contributed by atoms with Crippen LogP contribution in [0.3, 0.4) is 0 Å². The van der Waals surface area contributed by atoms with E-state index >= 15 is 0 Å². The summed E-state index contributed by atoms with van der Waals surface area (Å²) in [6.07, 6.45) is 0. The molecule has 0 fully saturated rings. The first-order chi connectivity index (χ1) is 10.4. The molecule has 0 bridgehead atoms. The van der Waals surface area contributed by atoms with Gasteiger partial charge in [-0.25, -0.2) is 9.97 Å². The number of Topliss-reactive ketones (excluding diaryl/α,β-unsaturated/α-hetero) is 1. The number of ether oxygens (including phenoxy) is 1. The number of aryl methyl sites for hydroxylation is 2. The minimum atomic E-state index is -0.348. The number of hydrogen-bond acceptors (Lipinski definition) is 5. The number of aromatic nitrogens is 2. The minimum absolute atomic E-state index is 0.00572. The van der Waals surface area contributed by atoms with Gasteiger partial charge in [-0.3, -0.25) is 4.79 Å². The summed E-state index contributed by atoms with van der Waals surface area (Å²) < 4.78 is 5.66. The van der Waals surface area contributed by atoms with Crippen molar-refractivity contribution in [3.05, 3.63) is 52.6 Å². The summed E-state index contributed by atoms with van der Waals surface area (Å²) in [5.41, 5.74) is 3.22. The molecule has 1 unspecified atom stereocenters. The lowest BCUT2D eigenvalue weighted by molar-refractivity contribution is 0.101. The molecule has 0 aliphatic rings. The maximum Gasteiger partial charge on any atom is 0.159 e. The molecular formula is C17H20N2O2S. The second-order valence-corrected chi connectivity index (χ2v) is 5.67. The lowest BCUT2D eigenvalue weighted by Crippen LogP contribution is -2.07. The highest BCUT2D eigenvalue weighted by molar-refractivity contribution is 7.80. The van der Waals surface area contributed by atoms with Gasteiger partial charge in [0, 0.05) is 22.5 Å². The third kappa shape index (κ3) is 3.65. The first-order valence-corrected chi connectivity index (χ1v) is 7.72. The number of benzene rings is 1. The molecule has 1 aromatic heterocycles. The van der Waals surface area contributed by atoms with Crippen molar-refractivity contribution < 1.29 is 9.53 Å². The maximum atomic E-state index is 11.6. The molecule has 0 amide bonds. The Morgan fingerprint density at radius 2 is 1.86 bits per heavy atom. The van der Waals surface area contributed by atoms with E-state index in [2.05, 4.69) is 22.6 Å². The summed E-state index contributed by atoms with van der Waals surface area (Å²) in [7, 11) is 0. The number of nitrogens with zero attached hydrogens (tertiary/aromatic N) is 2. The van der Waals surface area contributed by atoms with E-state index in [0.717, 1.165) is 17.0 Å². The molecule has 2 aromatic rings. The van der Waals surface area contributed by atoms with Gasteiger partial charge in [-0.15, -0.1) is 0 Å². The summed E-state index contributed by atoms with van der Waals surface area (Å²) in [5, 5.41) is -0.348. The van der Waals surface area contributed by atoms with Crippen molar-refractivity contribution in [2.75, 3.05) is 6.61 Å². The van der Waals surface area contributed by atoms with Crippen molar-refractivity contribution in [1.29, 1.82) is 0 Å². The van der Waals surface area contributed by atoms with E-state index < -0.39 is 0 Å². The number of hydrogen-bond donors (Lipinski definition) is 1. The second kappa shape index (κ2) is 6.92. The SMILES string of the molecule is CCOc1ccc(C(C)=O)cc1C(S)c1nc(C)cc(C)n1. The van der Waals surface area contributed by atoms with Gasteiger partial charge in [0.15, 0.2) is 5.78 Å². The third-order valence-corrected chi connectivity index (χ3v) is 3.76. The molecule has 5 heteroatoms. The molecule has 0 saturated heterocycles. The number of carbonyl (C=O) groups is 1. The molecule has 0 saturated carbocycles. The normalized spacial score (nSPS) is 12.0. The molecule has 116 valence electrons. The Morgan fingerprint density at radius 1 is 1.23 bits per heavy atom. The van der Waals surface area contributed by atoms with Gasteiger partial charge in [-0.2, -0.15) is 12.6 Å². The van der Waals surface area contributed by atoms with Gasteiger partial charge >= 0.3 is 0 Å². The number of carbonyl (C=O) groups excluding carboxylic acids is 1. The predicted octanol–water partition coefficient (Wildman–Crippen LogP) is 3.71. The average Bonchev–Trinajstić information content (AvgIpc) is 2.46. The van der Waals surface area contributed by atoms with Crippen molar-refractivity contribution in [2.45, 2.75) is 32.9 Å². The van der Waals surface area contributed by atoms with Crippen molar-refractivity contribution in [3.63, 3.8) is 0 Å². The largest absolute Gasteiger partial charge is 0.494 e. The molecule has 1 aromatic carbocycles. The monoisotopic (exact) mass is 316 g/mol. The summed E-state index contributed by atoms with van der Waals surface area (Å²) in [6, 6.07) is 7.30. The maximum absolute atomic E-state index is 11.6. The second-order valence-electron chi connectivity index (χ2n) is 5.15. The van der Waals surface area contributed by atoms with Crippen molar-refractivity contribution in [3.8, 4) is 5.75 Å². The van der Waals surface area contributed by atoms with Gasteiger partial charge < -0.3 is 4.74 Å². The van der Waals surface area contributed by atoms with E-state index in [9.17, 15) is 4.79 Å². The Balaban J connectivity index is 2.52. The molecule has 2 rings (SSSR count). The van der Waals surface area contributed by atoms with Crippen LogP contribution in [0.25, 0.3) is 0 Å². The van der Waals surface area contributed by atoms with E-state index in [-0.39, 0.29) is 11.0 Å². The van der Waals surface area contributed by atoms with Crippen molar-refractivity contribution in [2.24, 2.45) is 0 Å². The molecule has 4 nitrogen and oxygen atoms in total. The number of ketones is 1. The smallest absolute Gasteiger partial charge is 0.159 e. The highest BCUT2D eigenvalue weighted by atomic mass is 32.1. The molecular weight excluding hydrogens is 296 g/mol. The third-order valence-electron chi connectivity index (χ3n) is 3.25. The molecule has 0 N–H and O–H groups in total. The molecule has 0 aliphatic carbocycles. The molecule has 0 spiro atoms. The van der Waals surface area contributed by atoms with Gasteiger partial charge in [-0.05, 0) is 52.0 Å². The highest BCUT2D eigenvalue weighted by Gasteiger charge is 2.19. The van der Waals surface area contributed by atoms with E-state index in [1.807, 2.05) is 32.9 Å². The summed E-state index contributed by atoms with van der Waals surface area (Å²) in [6.45, 7) is 7.85. The molecule has 22 heavy (non-hydrogen) atoms. The number of thiol groups is 1. The van der Waals surface area contributed by atoms with Crippen LogP contribution < -0.4 is 4.74 Å². The van der Waals surface area contributed by atoms with E-state index in [1.54, 1.807) is 19.1 Å². The van der Waals surface area contributed by atoms with Gasteiger partial charge in [0.25, 0.3) is 0 Å². The van der Waals surface area contributed by atoms with Crippen LogP contribution in [0.4, 0.5) is 0 Å². The molecule has 0 aliphatic heterocycles. The van der Waals surface area contributed by atoms with E-state index in [1.165, 1.54) is 0 Å². The molecule has 1 atom stereocenters. The Kier molecular flexibility index (Phi) is 5.19.